The van der Waals surface area contributed by atoms with Crippen molar-refractivity contribution in [2.24, 2.45) is 11.8 Å². The summed E-state index contributed by atoms with van der Waals surface area (Å²) in [5.74, 6) is -0.543. The van der Waals surface area contributed by atoms with Gasteiger partial charge >= 0.3 is 0 Å². The lowest BCUT2D eigenvalue weighted by atomic mass is 9.69. The molecule has 1 fully saturated rings. The molecule has 10 nitrogen and oxygen atoms in total. The summed E-state index contributed by atoms with van der Waals surface area (Å²) in [6.45, 7) is 3.09. The molecule has 39 heavy (non-hydrogen) atoms. The summed E-state index contributed by atoms with van der Waals surface area (Å²) in [4.78, 5) is 56.9. The third-order valence-electron chi connectivity index (χ3n) is 7.95. The SMILES string of the molecule is CC(=O)Nc1ccc2c(c1)C[C@@H](C(=O)NCCC(=O)Nc1nccs1)[C@H]1[C@@H]3C[C@H](CN21)Cn1c3cccc1=O. The zero-order valence-corrected chi connectivity index (χ0v) is 22.4. The van der Waals surface area contributed by atoms with Gasteiger partial charge in [0.05, 0.1) is 5.92 Å². The summed E-state index contributed by atoms with van der Waals surface area (Å²) in [5, 5.41) is 10.9. The number of pyridine rings is 1. The summed E-state index contributed by atoms with van der Waals surface area (Å²) in [7, 11) is 0. The van der Waals surface area contributed by atoms with E-state index < -0.39 is 0 Å². The topological polar surface area (TPSA) is 125 Å². The number of nitrogens with zero attached hydrogens (tertiary/aromatic N) is 3. The Kier molecular flexibility index (Phi) is 6.68. The Morgan fingerprint density at radius 3 is 2.79 bits per heavy atom. The van der Waals surface area contributed by atoms with Crippen LogP contribution in [0.3, 0.4) is 0 Å². The molecule has 3 aliphatic rings. The van der Waals surface area contributed by atoms with Crippen molar-refractivity contribution in [3.63, 3.8) is 0 Å². The van der Waals surface area contributed by atoms with Gasteiger partial charge in [-0.1, -0.05) is 6.07 Å². The van der Waals surface area contributed by atoms with Gasteiger partial charge in [-0.2, -0.15) is 0 Å². The predicted octanol–water partition coefficient (Wildman–Crippen LogP) is 2.57. The van der Waals surface area contributed by atoms with Gasteiger partial charge in [0.2, 0.25) is 17.7 Å². The Labute approximate surface area is 229 Å². The molecule has 0 unspecified atom stereocenters. The van der Waals surface area contributed by atoms with E-state index in [9.17, 15) is 19.2 Å². The molecule has 3 N–H and O–H groups in total. The Bertz CT molecular complexity index is 1490. The minimum atomic E-state index is -0.389. The van der Waals surface area contributed by atoms with E-state index in [1.165, 1.54) is 18.3 Å². The molecule has 202 valence electrons. The van der Waals surface area contributed by atoms with Gasteiger partial charge in [0.25, 0.3) is 5.56 Å². The third-order valence-corrected chi connectivity index (χ3v) is 8.64. The lowest BCUT2D eigenvalue weighted by Crippen LogP contribution is -2.60. The van der Waals surface area contributed by atoms with Crippen molar-refractivity contribution >= 4 is 45.6 Å². The first kappa shape index (κ1) is 25.3. The summed E-state index contributed by atoms with van der Waals surface area (Å²) < 4.78 is 1.88. The molecule has 6 rings (SSSR count). The number of nitrogens with one attached hydrogen (secondary N) is 3. The normalized spacial score (nSPS) is 22.6. The monoisotopic (exact) mass is 546 g/mol. The van der Waals surface area contributed by atoms with Crippen molar-refractivity contribution < 1.29 is 14.4 Å². The van der Waals surface area contributed by atoms with Gasteiger partial charge in [0.1, 0.15) is 0 Å². The lowest BCUT2D eigenvalue weighted by Gasteiger charge is -2.54. The summed E-state index contributed by atoms with van der Waals surface area (Å²) >= 11 is 1.34. The number of thiazole rings is 1. The minimum Gasteiger partial charge on any atom is -0.366 e. The number of hydrogen-bond donors (Lipinski definition) is 3. The molecule has 2 bridgehead atoms. The van der Waals surface area contributed by atoms with Gasteiger partial charge in [-0.05, 0) is 48.6 Å². The molecule has 3 amide bonds. The zero-order valence-electron chi connectivity index (χ0n) is 21.6. The second kappa shape index (κ2) is 10.3. The van der Waals surface area contributed by atoms with Gasteiger partial charge in [0, 0.05) is 79.7 Å². The predicted molar refractivity (Wildman–Crippen MR) is 149 cm³/mol. The second-order valence-corrected chi connectivity index (χ2v) is 11.4. The van der Waals surface area contributed by atoms with Gasteiger partial charge in [-0.15, -0.1) is 11.3 Å². The Balaban J connectivity index is 1.28. The van der Waals surface area contributed by atoms with E-state index in [1.807, 2.05) is 28.8 Å². The highest BCUT2D eigenvalue weighted by Crippen LogP contribution is 2.48. The number of piperidine rings is 1. The fourth-order valence-corrected chi connectivity index (χ4v) is 7.05. The van der Waals surface area contributed by atoms with Crippen molar-refractivity contribution in [2.75, 3.05) is 28.6 Å². The fourth-order valence-electron chi connectivity index (χ4n) is 6.50. The molecule has 2 aromatic heterocycles. The Morgan fingerprint density at radius 2 is 2.00 bits per heavy atom. The highest BCUT2D eigenvalue weighted by atomic mass is 32.1. The number of hydrogen-bond acceptors (Lipinski definition) is 7. The van der Waals surface area contributed by atoms with Crippen molar-refractivity contribution in [1.29, 1.82) is 0 Å². The van der Waals surface area contributed by atoms with Crippen LogP contribution in [0.2, 0.25) is 0 Å². The smallest absolute Gasteiger partial charge is 0.250 e. The first-order valence-corrected chi connectivity index (χ1v) is 14.1. The number of anilines is 3. The average Bonchev–Trinajstić information content (AvgIpc) is 3.41. The van der Waals surface area contributed by atoms with Crippen LogP contribution in [0.1, 0.15) is 36.9 Å². The molecule has 0 spiro atoms. The van der Waals surface area contributed by atoms with E-state index in [4.69, 9.17) is 0 Å². The van der Waals surface area contributed by atoms with Crippen molar-refractivity contribution in [1.82, 2.24) is 14.9 Å². The molecule has 1 aromatic carbocycles. The number of fused-ring (bicyclic) bond motifs is 8. The number of carbonyl (C=O) groups excluding carboxylic acids is 3. The molecule has 0 radical (unpaired) electrons. The molecule has 3 aliphatic heterocycles. The van der Waals surface area contributed by atoms with E-state index in [0.29, 0.717) is 23.8 Å². The van der Waals surface area contributed by atoms with Gasteiger partial charge < -0.3 is 25.4 Å². The van der Waals surface area contributed by atoms with Crippen LogP contribution < -0.4 is 26.4 Å². The van der Waals surface area contributed by atoms with E-state index in [1.54, 1.807) is 23.7 Å². The van der Waals surface area contributed by atoms with Crippen molar-refractivity contribution in [2.45, 2.75) is 44.7 Å². The molecule has 11 heteroatoms. The molecular formula is C28H30N6O4S. The highest BCUT2D eigenvalue weighted by Gasteiger charge is 2.49. The van der Waals surface area contributed by atoms with E-state index in [-0.39, 0.29) is 60.0 Å². The van der Waals surface area contributed by atoms with E-state index >= 15 is 0 Å². The van der Waals surface area contributed by atoms with Crippen LogP contribution in [0, 0.1) is 11.8 Å². The molecule has 4 atom stereocenters. The lowest BCUT2D eigenvalue weighted by molar-refractivity contribution is -0.126. The maximum atomic E-state index is 13.7. The van der Waals surface area contributed by atoms with Crippen LogP contribution in [0.4, 0.5) is 16.5 Å². The van der Waals surface area contributed by atoms with Crippen LogP contribution >= 0.6 is 11.3 Å². The first-order chi connectivity index (χ1) is 18.9. The first-order valence-electron chi connectivity index (χ1n) is 13.2. The average molecular weight is 547 g/mol. The largest absolute Gasteiger partial charge is 0.366 e. The number of benzene rings is 1. The van der Waals surface area contributed by atoms with Crippen molar-refractivity contribution in [3.8, 4) is 0 Å². The molecule has 0 saturated carbocycles. The standard InChI is InChI=1S/C28H30N6O4S/c1-16(35)31-19-5-6-22-18(12-19)13-21(27(38)29-8-7-24(36)32-28-30-9-10-39-28)26-20-11-17(15-34(22)26)14-33-23(20)3-2-4-25(33)37/h2-6,9-10,12,17,20-21,26H,7-8,11,13-15H2,1H3,(H,29,38)(H,31,35)(H,30,32,36)/t17-,20+,21+,26+/m0/s1. The summed E-state index contributed by atoms with van der Waals surface area (Å²) in [6.07, 6.45) is 3.18. The van der Waals surface area contributed by atoms with E-state index in [0.717, 1.165) is 29.9 Å². The number of rotatable bonds is 6. The molecule has 3 aromatic rings. The van der Waals surface area contributed by atoms with E-state index in [2.05, 4.69) is 25.8 Å². The highest BCUT2D eigenvalue weighted by molar-refractivity contribution is 7.13. The van der Waals surface area contributed by atoms with Gasteiger partial charge in [0.15, 0.2) is 5.13 Å². The third kappa shape index (κ3) is 4.94. The van der Waals surface area contributed by atoms with Crippen LogP contribution in [-0.2, 0) is 27.3 Å². The number of aromatic nitrogens is 2. The molecular weight excluding hydrogens is 516 g/mol. The second-order valence-electron chi connectivity index (χ2n) is 10.5. The van der Waals surface area contributed by atoms with Crippen molar-refractivity contribution in [3.05, 3.63) is 69.6 Å². The summed E-state index contributed by atoms with van der Waals surface area (Å²) in [6, 6.07) is 11.2. The quantitative estimate of drug-likeness (QED) is 0.437. The van der Waals surface area contributed by atoms with Gasteiger partial charge in [-0.25, -0.2) is 4.98 Å². The Morgan fingerprint density at radius 1 is 1.13 bits per heavy atom. The molecule has 0 aliphatic carbocycles. The van der Waals surface area contributed by atoms with Crippen LogP contribution in [0.5, 0.6) is 0 Å². The van der Waals surface area contributed by atoms with Gasteiger partial charge in [-0.3, -0.25) is 19.2 Å². The number of amides is 3. The number of carbonyl (C=O) groups is 3. The minimum absolute atomic E-state index is 0.000877. The molecule has 5 heterocycles. The molecule has 1 saturated heterocycles. The van der Waals surface area contributed by atoms with Crippen LogP contribution in [0.25, 0.3) is 0 Å². The maximum absolute atomic E-state index is 13.7. The fraction of sp³-hybridized carbons (Fsp3) is 0.393. The maximum Gasteiger partial charge on any atom is 0.250 e. The van der Waals surface area contributed by atoms with Crippen LogP contribution in [0.15, 0.2) is 52.8 Å². The Hall–Kier alpha value is -3.99. The summed E-state index contributed by atoms with van der Waals surface area (Å²) in [5.41, 5.74) is 3.75. The van der Waals surface area contributed by atoms with Crippen LogP contribution in [-0.4, -0.2) is 46.4 Å². The zero-order chi connectivity index (χ0) is 27.1.